The number of nitrogens with zero attached hydrogens (tertiary/aromatic N) is 2. The number of amides is 1. The van der Waals surface area contributed by atoms with Crippen molar-refractivity contribution in [2.24, 2.45) is 0 Å². The molecule has 17 heavy (non-hydrogen) atoms. The van der Waals surface area contributed by atoms with Gasteiger partial charge in [-0.1, -0.05) is 0 Å². The van der Waals surface area contributed by atoms with Crippen molar-refractivity contribution in [1.29, 1.82) is 0 Å². The van der Waals surface area contributed by atoms with E-state index in [2.05, 4.69) is 15.7 Å². The molecule has 0 spiro atoms. The van der Waals surface area contributed by atoms with Crippen molar-refractivity contribution in [2.45, 2.75) is 46.3 Å². The van der Waals surface area contributed by atoms with E-state index in [1.807, 2.05) is 44.8 Å². The summed E-state index contributed by atoms with van der Waals surface area (Å²) in [5.74, 6) is 0.0386. The molecule has 2 N–H and O–H groups in total. The molecule has 0 saturated carbocycles. The van der Waals surface area contributed by atoms with Gasteiger partial charge in [-0.3, -0.25) is 9.48 Å². The van der Waals surface area contributed by atoms with Crippen molar-refractivity contribution < 1.29 is 4.79 Å². The SMILES string of the molecule is Cc1cnn(CCNC(C)C(=O)NC(C)C)c1. The van der Waals surface area contributed by atoms with Gasteiger partial charge in [0.2, 0.25) is 5.91 Å². The van der Waals surface area contributed by atoms with Crippen LogP contribution >= 0.6 is 0 Å². The number of aromatic nitrogens is 2. The van der Waals surface area contributed by atoms with Crippen LogP contribution in [0.4, 0.5) is 0 Å². The van der Waals surface area contributed by atoms with E-state index in [1.54, 1.807) is 0 Å². The first-order valence-electron chi connectivity index (χ1n) is 6.02. The van der Waals surface area contributed by atoms with E-state index in [0.717, 1.165) is 18.7 Å². The van der Waals surface area contributed by atoms with Gasteiger partial charge in [-0.05, 0) is 33.3 Å². The summed E-state index contributed by atoms with van der Waals surface area (Å²) in [6.07, 6.45) is 3.81. The highest BCUT2D eigenvalue weighted by Gasteiger charge is 2.12. The lowest BCUT2D eigenvalue weighted by Gasteiger charge is -2.15. The molecular formula is C12H22N4O. The summed E-state index contributed by atoms with van der Waals surface area (Å²) in [5, 5.41) is 10.2. The molecule has 1 rings (SSSR count). The first-order chi connectivity index (χ1) is 7.99. The number of rotatable bonds is 6. The smallest absolute Gasteiger partial charge is 0.237 e. The standard InChI is InChI=1S/C12H22N4O/c1-9(2)15-12(17)11(4)13-5-6-16-8-10(3)7-14-16/h7-9,11,13H,5-6H2,1-4H3,(H,15,17). The van der Waals surface area contributed by atoms with Crippen LogP contribution in [0.1, 0.15) is 26.3 Å². The van der Waals surface area contributed by atoms with Crippen LogP contribution in [0.3, 0.4) is 0 Å². The van der Waals surface area contributed by atoms with Crippen LogP contribution in [0.2, 0.25) is 0 Å². The molecule has 0 fully saturated rings. The van der Waals surface area contributed by atoms with E-state index in [9.17, 15) is 4.79 Å². The van der Waals surface area contributed by atoms with Gasteiger partial charge in [0.15, 0.2) is 0 Å². The normalized spacial score (nSPS) is 12.8. The zero-order valence-corrected chi connectivity index (χ0v) is 11.0. The Morgan fingerprint density at radius 1 is 1.47 bits per heavy atom. The Labute approximate surface area is 103 Å². The predicted octanol–water partition coefficient (Wildman–Crippen LogP) is 0.694. The fraction of sp³-hybridized carbons (Fsp3) is 0.667. The van der Waals surface area contributed by atoms with Crippen LogP contribution in [0.15, 0.2) is 12.4 Å². The zero-order chi connectivity index (χ0) is 12.8. The first kappa shape index (κ1) is 13.7. The largest absolute Gasteiger partial charge is 0.353 e. The highest BCUT2D eigenvalue weighted by Crippen LogP contribution is 1.93. The fourth-order valence-corrected chi connectivity index (χ4v) is 1.49. The van der Waals surface area contributed by atoms with Crippen LogP contribution in [0.5, 0.6) is 0 Å². The Balaban J connectivity index is 2.24. The number of aryl methyl sites for hydroxylation is 1. The van der Waals surface area contributed by atoms with Crippen molar-refractivity contribution in [3.05, 3.63) is 18.0 Å². The molecule has 1 atom stereocenters. The molecule has 0 aliphatic carbocycles. The third kappa shape index (κ3) is 4.99. The van der Waals surface area contributed by atoms with Gasteiger partial charge in [0.05, 0.1) is 18.8 Å². The highest BCUT2D eigenvalue weighted by molar-refractivity contribution is 5.81. The summed E-state index contributed by atoms with van der Waals surface area (Å²) in [5.41, 5.74) is 1.15. The number of hydrogen-bond acceptors (Lipinski definition) is 3. The number of hydrogen-bond donors (Lipinski definition) is 2. The fourth-order valence-electron chi connectivity index (χ4n) is 1.49. The second kappa shape index (κ2) is 6.39. The monoisotopic (exact) mass is 238 g/mol. The van der Waals surface area contributed by atoms with Gasteiger partial charge in [-0.25, -0.2) is 0 Å². The molecule has 0 saturated heterocycles. The minimum Gasteiger partial charge on any atom is -0.353 e. The van der Waals surface area contributed by atoms with Crippen molar-refractivity contribution in [3.63, 3.8) is 0 Å². The number of carbonyl (C=O) groups is 1. The molecule has 5 nitrogen and oxygen atoms in total. The molecule has 0 bridgehead atoms. The maximum absolute atomic E-state index is 11.6. The van der Waals surface area contributed by atoms with Gasteiger partial charge in [-0.15, -0.1) is 0 Å². The van der Waals surface area contributed by atoms with Gasteiger partial charge >= 0.3 is 0 Å². The maximum Gasteiger partial charge on any atom is 0.237 e. The first-order valence-corrected chi connectivity index (χ1v) is 6.02. The molecule has 1 amide bonds. The minimum atomic E-state index is -0.172. The van der Waals surface area contributed by atoms with Crippen LogP contribution in [0.25, 0.3) is 0 Å². The van der Waals surface area contributed by atoms with Crippen LogP contribution in [-0.4, -0.2) is 34.3 Å². The second-order valence-electron chi connectivity index (χ2n) is 4.62. The topological polar surface area (TPSA) is 59.0 Å². The van der Waals surface area contributed by atoms with E-state index in [-0.39, 0.29) is 18.0 Å². The molecule has 0 aromatic carbocycles. The molecule has 1 aromatic heterocycles. The molecule has 0 aliphatic heterocycles. The summed E-state index contributed by atoms with van der Waals surface area (Å²) >= 11 is 0. The quantitative estimate of drug-likeness (QED) is 0.767. The summed E-state index contributed by atoms with van der Waals surface area (Å²) in [7, 11) is 0. The van der Waals surface area contributed by atoms with E-state index < -0.39 is 0 Å². The van der Waals surface area contributed by atoms with Crippen molar-refractivity contribution >= 4 is 5.91 Å². The summed E-state index contributed by atoms with van der Waals surface area (Å²) in [4.78, 5) is 11.6. The van der Waals surface area contributed by atoms with E-state index in [4.69, 9.17) is 0 Å². The Morgan fingerprint density at radius 3 is 2.71 bits per heavy atom. The average Bonchev–Trinajstić information content (AvgIpc) is 2.63. The van der Waals surface area contributed by atoms with Crippen molar-refractivity contribution in [3.8, 4) is 0 Å². The van der Waals surface area contributed by atoms with Crippen molar-refractivity contribution in [1.82, 2.24) is 20.4 Å². The Hall–Kier alpha value is -1.36. The Bertz CT molecular complexity index is 359. The van der Waals surface area contributed by atoms with Gasteiger partial charge in [-0.2, -0.15) is 5.10 Å². The number of nitrogens with one attached hydrogen (secondary N) is 2. The average molecular weight is 238 g/mol. The molecule has 5 heteroatoms. The molecular weight excluding hydrogens is 216 g/mol. The molecule has 1 heterocycles. The summed E-state index contributed by atoms with van der Waals surface area (Å²) in [6.45, 7) is 9.29. The maximum atomic E-state index is 11.6. The van der Waals surface area contributed by atoms with Gasteiger partial charge < -0.3 is 10.6 Å². The molecule has 1 aromatic rings. The highest BCUT2D eigenvalue weighted by atomic mass is 16.2. The molecule has 0 aliphatic rings. The van der Waals surface area contributed by atoms with Crippen LogP contribution < -0.4 is 10.6 Å². The number of carbonyl (C=O) groups excluding carboxylic acids is 1. The molecule has 0 radical (unpaired) electrons. The lowest BCUT2D eigenvalue weighted by Crippen LogP contribution is -2.45. The minimum absolute atomic E-state index is 0.0386. The van der Waals surface area contributed by atoms with Crippen molar-refractivity contribution in [2.75, 3.05) is 6.54 Å². The van der Waals surface area contributed by atoms with Crippen LogP contribution in [-0.2, 0) is 11.3 Å². The second-order valence-corrected chi connectivity index (χ2v) is 4.62. The Kier molecular flexibility index (Phi) is 5.15. The predicted molar refractivity (Wildman–Crippen MR) is 67.7 cm³/mol. The molecule has 96 valence electrons. The summed E-state index contributed by atoms with van der Waals surface area (Å²) in [6, 6.07) is 0.00886. The third-order valence-electron chi connectivity index (χ3n) is 2.38. The van der Waals surface area contributed by atoms with E-state index in [1.165, 1.54) is 0 Å². The summed E-state index contributed by atoms with van der Waals surface area (Å²) < 4.78 is 1.87. The van der Waals surface area contributed by atoms with E-state index >= 15 is 0 Å². The van der Waals surface area contributed by atoms with Crippen LogP contribution in [0, 0.1) is 6.92 Å². The molecule has 1 unspecified atom stereocenters. The van der Waals surface area contributed by atoms with Gasteiger partial charge in [0.1, 0.15) is 0 Å². The Morgan fingerprint density at radius 2 is 2.18 bits per heavy atom. The van der Waals surface area contributed by atoms with E-state index in [0.29, 0.717) is 0 Å². The van der Waals surface area contributed by atoms with Gasteiger partial charge in [0.25, 0.3) is 0 Å². The zero-order valence-electron chi connectivity index (χ0n) is 11.0. The third-order valence-corrected chi connectivity index (χ3v) is 2.38. The van der Waals surface area contributed by atoms with Gasteiger partial charge in [0, 0.05) is 18.8 Å². The lowest BCUT2D eigenvalue weighted by atomic mass is 10.3. The lowest BCUT2D eigenvalue weighted by molar-refractivity contribution is -0.123.